The summed E-state index contributed by atoms with van der Waals surface area (Å²) in [5.41, 5.74) is 1.01. The van der Waals surface area contributed by atoms with Crippen LogP contribution in [-0.2, 0) is 11.2 Å². The third-order valence-corrected chi connectivity index (χ3v) is 3.91. The molecule has 2 unspecified atom stereocenters. The second-order valence-electron chi connectivity index (χ2n) is 4.50. The molecule has 2 rings (SSSR count). The van der Waals surface area contributed by atoms with E-state index in [1.807, 2.05) is 12.1 Å². The third kappa shape index (κ3) is 3.59. The van der Waals surface area contributed by atoms with Crippen LogP contribution in [0.25, 0.3) is 0 Å². The Hall–Kier alpha value is -0.280. The molecule has 0 aliphatic carbocycles. The number of benzene rings is 1. The van der Waals surface area contributed by atoms with Gasteiger partial charge in [-0.1, -0.05) is 29.3 Å². The van der Waals surface area contributed by atoms with E-state index in [-0.39, 0.29) is 12.0 Å². The van der Waals surface area contributed by atoms with Crippen molar-refractivity contribution in [2.45, 2.75) is 25.4 Å². The van der Waals surface area contributed by atoms with Crippen LogP contribution >= 0.6 is 23.2 Å². The van der Waals surface area contributed by atoms with Gasteiger partial charge in [0.05, 0.1) is 22.8 Å². The molecule has 0 spiro atoms. The van der Waals surface area contributed by atoms with Crippen LogP contribution in [0, 0.1) is 5.92 Å². The predicted molar refractivity (Wildman–Crippen MR) is 69.7 cm³/mol. The van der Waals surface area contributed by atoms with Gasteiger partial charge >= 0.3 is 0 Å². The number of halogens is 2. The van der Waals surface area contributed by atoms with Gasteiger partial charge in [-0.05, 0) is 37.0 Å². The third-order valence-electron chi connectivity index (χ3n) is 3.17. The Morgan fingerprint density at radius 2 is 2.18 bits per heavy atom. The van der Waals surface area contributed by atoms with Crippen molar-refractivity contribution >= 4 is 23.2 Å². The summed E-state index contributed by atoms with van der Waals surface area (Å²) >= 11 is 11.8. The Balaban J connectivity index is 1.96. The summed E-state index contributed by atoms with van der Waals surface area (Å²) in [6.07, 6.45) is 2.30. The second kappa shape index (κ2) is 6.05. The Kier molecular flexibility index (Phi) is 4.69. The number of hydrogen-bond donors (Lipinski definition) is 1. The summed E-state index contributed by atoms with van der Waals surface area (Å²) in [4.78, 5) is 0. The molecule has 0 radical (unpaired) electrons. The fourth-order valence-electron chi connectivity index (χ4n) is 2.14. The highest BCUT2D eigenvalue weighted by atomic mass is 35.5. The van der Waals surface area contributed by atoms with Crippen LogP contribution < -0.4 is 0 Å². The average Bonchev–Trinajstić information content (AvgIpc) is 2.35. The number of hydrogen-bond acceptors (Lipinski definition) is 2. The lowest BCUT2D eigenvalue weighted by atomic mass is 9.91. The van der Waals surface area contributed by atoms with Gasteiger partial charge in [0.15, 0.2) is 0 Å². The van der Waals surface area contributed by atoms with Crippen LogP contribution in [0.15, 0.2) is 18.2 Å². The minimum Gasteiger partial charge on any atom is -0.392 e. The second-order valence-corrected chi connectivity index (χ2v) is 5.31. The van der Waals surface area contributed by atoms with Crippen LogP contribution in [0.3, 0.4) is 0 Å². The first-order chi connectivity index (χ1) is 8.16. The average molecular weight is 275 g/mol. The van der Waals surface area contributed by atoms with Crippen molar-refractivity contribution in [2.75, 3.05) is 13.2 Å². The van der Waals surface area contributed by atoms with Gasteiger partial charge in [0.2, 0.25) is 0 Å². The maximum Gasteiger partial charge on any atom is 0.0630 e. The molecule has 0 saturated carbocycles. The summed E-state index contributed by atoms with van der Waals surface area (Å²) < 4.78 is 5.38. The van der Waals surface area contributed by atoms with Crippen LogP contribution in [0.4, 0.5) is 0 Å². The molecular weight excluding hydrogens is 259 g/mol. The molecule has 17 heavy (non-hydrogen) atoms. The number of rotatable bonds is 3. The Morgan fingerprint density at radius 1 is 1.35 bits per heavy atom. The van der Waals surface area contributed by atoms with Crippen LogP contribution in [0.1, 0.15) is 18.4 Å². The lowest BCUT2D eigenvalue weighted by Crippen LogP contribution is -2.30. The first-order valence-corrected chi connectivity index (χ1v) is 6.62. The lowest BCUT2D eigenvalue weighted by molar-refractivity contribution is -0.00846. The number of ether oxygens (including phenoxy) is 1. The smallest absolute Gasteiger partial charge is 0.0630 e. The van der Waals surface area contributed by atoms with Crippen molar-refractivity contribution in [3.05, 3.63) is 33.8 Å². The van der Waals surface area contributed by atoms with E-state index in [1.54, 1.807) is 6.07 Å². The summed E-state index contributed by atoms with van der Waals surface area (Å²) in [6.45, 7) is 1.47. The SMILES string of the molecule is OC(Cc1ccc(Cl)c(Cl)c1)C1CCCOC1. The molecule has 4 heteroatoms. The fourth-order valence-corrected chi connectivity index (χ4v) is 2.46. The molecule has 1 aromatic carbocycles. The fraction of sp³-hybridized carbons (Fsp3) is 0.538. The van der Waals surface area contributed by atoms with E-state index in [2.05, 4.69) is 0 Å². The Bertz CT molecular complexity index is 376. The highest BCUT2D eigenvalue weighted by molar-refractivity contribution is 6.42. The van der Waals surface area contributed by atoms with E-state index in [4.69, 9.17) is 27.9 Å². The minimum absolute atomic E-state index is 0.234. The van der Waals surface area contributed by atoms with Crippen LogP contribution in [-0.4, -0.2) is 24.4 Å². The van der Waals surface area contributed by atoms with E-state index >= 15 is 0 Å². The van der Waals surface area contributed by atoms with E-state index in [9.17, 15) is 5.11 Å². The van der Waals surface area contributed by atoms with E-state index in [0.29, 0.717) is 23.1 Å². The highest BCUT2D eigenvalue weighted by Gasteiger charge is 2.22. The molecule has 1 aliphatic rings. The molecule has 1 heterocycles. The van der Waals surface area contributed by atoms with Crippen LogP contribution in [0.5, 0.6) is 0 Å². The molecule has 1 N–H and O–H groups in total. The van der Waals surface area contributed by atoms with Crippen LogP contribution in [0.2, 0.25) is 10.0 Å². The maximum atomic E-state index is 10.1. The summed E-state index contributed by atoms with van der Waals surface area (Å²) in [7, 11) is 0. The zero-order valence-electron chi connectivity index (χ0n) is 9.53. The van der Waals surface area contributed by atoms with Crippen molar-refractivity contribution in [1.82, 2.24) is 0 Å². The minimum atomic E-state index is -0.368. The summed E-state index contributed by atoms with van der Waals surface area (Å²) in [6, 6.07) is 5.49. The van der Waals surface area contributed by atoms with Gasteiger partial charge in [0.1, 0.15) is 0 Å². The number of aliphatic hydroxyl groups excluding tert-OH is 1. The highest BCUT2D eigenvalue weighted by Crippen LogP contribution is 2.25. The Morgan fingerprint density at radius 3 is 2.82 bits per heavy atom. The molecular formula is C13H16Cl2O2. The van der Waals surface area contributed by atoms with Gasteiger partial charge in [0, 0.05) is 12.5 Å². The van der Waals surface area contributed by atoms with Crippen molar-refractivity contribution in [3.8, 4) is 0 Å². The van der Waals surface area contributed by atoms with Crippen molar-refractivity contribution in [1.29, 1.82) is 0 Å². The zero-order valence-corrected chi connectivity index (χ0v) is 11.0. The van der Waals surface area contributed by atoms with E-state index in [1.165, 1.54) is 0 Å². The molecule has 1 fully saturated rings. The monoisotopic (exact) mass is 274 g/mol. The molecule has 94 valence electrons. The van der Waals surface area contributed by atoms with Gasteiger partial charge in [-0.15, -0.1) is 0 Å². The molecule has 1 saturated heterocycles. The summed E-state index contributed by atoms with van der Waals surface area (Å²) in [5, 5.41) is 11.2. The van der Waals surface area contributed by atoms with E-state index < -0.39 is 0 Å². The summed E-state index contributed by atoms with van der Waals surface area (Å²) in [5.74, 6) is 0.234. The number of aliphatic hydroxyl groups is 1. The van der Waals surface area contributed by atoms with E-state index in [0.717, 1.165) is 25.0 Å². The van der Waals surface area contributed by atoms with Gasteiger partial charge in [0.25, 0.3) is 0 Å². The molecule has 0 aromatic heterocycles. The lowest BCUT2D eigenvalue weighted by Gasteiger charge is -2.26. The molecule has 2 atom stereocenters. The molecule has 1 aliphatic heterocycles. The molecule has 1 aromatic rings. The van der Waals surface area contributed by atoms with Crippen molar-refractivity contribution in [3.63, 3.8) is 0 Å². The largest absolute Gasteiger partial charge is 0.392 e. The molecule has 0 amide bonds. The first kappa shape index (κ1) is 13.2. The molecule has 0 bridgehead atoms. The first-order valence-electron chi connectivity index (χ1n) is 5.86. The topological polar surface area (TPSA) is 29.5 Å². The van der Waals surface area contributed by atoms with Gasteiger partial charge in [-0.25, -0.2) is 0 Å². The predicted octanol–water partition coefficient (Wildman–Crippen LogP) is 3.32. The Labute approximate surface area is 111 Å². The van der Waals surface area contributed by atoms with Gasteiger partial charge < -0.3 is 9.84 Å². The van der Waals surface area contributed by atoms with Crippen molar-refractivity contribution in [2.24, 2.45) is 5.92 Å². The standard InChI is InChI=1S/C13H16Cl2O2/c14-11-4-3-9(6-12(11)15)7-13(16)10-2-1-5-17-8-10/h3-4,6,10,13,16H,1-2,5,7-8H2. The maximum absolute atomic E-state index is 10.1. The van der Waals surface area contributed by atoms with Gasteiger partial charge in [-0.2, -0.15) is 0 Å². The van der Waals surface area contributed by atoms with Gasteiger partial charge in [-0.3, -0.25) is 0 Å². The molecule has 2 nitrogen and oxygen atoms in total. The quantitative estimate of drug-likeness (QED) is 0.916. The normalized spacial score (nSPS) is 22.4. The van der Waals surface area contributed by atoms with Crippen molar-refractivity contribution < 1.29 is 9.84 Å². The zero-order chi connectivity index (χ0) is 12.3.